The van der Waals surface area contributed by atoms with Gasteiger partial charge in [0, 0.05) is 18.8 Å². The van der Waals surface area contributed by atoms with Gasteiger partial charge in [-0.15, -0.1) is 0 Å². The van der Waals surface area contributed by atoms with Crippen LogP contribution in [0.15, 0.2) is 0 Å². The molecule has 240 valence electrons. The highest BCUT2D eigenvalue weighted by atomic mass is 16.6. The Labute approximate surface area is 237 Å². The molecule has 15 atom stereocenters. The van der Waals surface area contributed by atoms with Crippen LogP contribution in [0.5, 0.6) is 0 Å². The first-order valence-electron chi connectivity index (χ1n) is 13.7. The second-order valence-electron chi connectivity index (χ2n) is 10.9. The number of aliphatic hydroxyl groups excluding tert-OH is 9. The fraction of sp³-hybridized carbons (Fsp3) is 0.960. The molecule has 0 spiro atoms. The molecule has 3 saturated heterocycles. The second kappa shape index (κ2) is 15.6. The van der Waals surface area contributed by atoms with Crippen LogP contribution >= 0.6 is 0 Å². The Morgan fingerprint density at radius 2 is 1.07 bits per heavy atom. The molecule has 10 N–H and O–H groups in total. The van der Waals surface area contributed by atoms with Gasteiger partial charge in [0.2, 0.25) is 5.91 Å². The zero-order chi connectivity index (χ0) is 30.4. The molecule has 16 nitrogen and oxygen atoms in total. The predicted octanol–water partition coefficient (Wildman–Crippen LogP) is -5.78. The van der Waals surface area contributed by atoms with E-state index >= 15 is 0 Å². The number of aliphatic hydroxyl groups is 9. The maximum Gasteiger partial charge on any atom is 0.217 e. The normalized spacial score (nSPS) is 45.4. The van der Waals surface area contributed by atoms with Gasteiger partial charge in [-0.1, -0.05) is 0 Å². The number of hydrogen-bond donors (Lipinski definition) is 10. The van der Waals surface area contributed by atoms with Gasteiger partial charge in [0.1, 0.15) is 42.7 Å². The SMILES string of the molecule is CC(=O)NC1C(COCC2C(CO)OC(COCC3C(CO)OC(C)C(O)C3O)C(O)C2O)OC(CO)C(O)C1O. The van der Waals surface area contributed by atoms with Crippen LogP contribution in [0.4, 0.5) is 0 Å². The Hall–Kier alpha value is -1.09. The third-order valence-corrected chi connectivity index (χ3v) is 8.08. The standard InChI is InChI=1S/C25H45NO15/c1-10-20(31)21(32)12(14(3-27)39-10)6-38-9-18-24(35)22(33)13(15(4-28)40-18)7-37-8-17-19(26-11(2)30)25(36)23(34)16(5-29)41-17/h10,12-25,27-29,31-36H,3-9H2,1-2H3,(H,26,30). The first-order chi connectivity index (χ1) is 19.4. The summed E-state index contributed by atoms with van der Waals surface area (Å²) in [6, 6.07) is -1.05. The van der Waals surface area contributed by atoms with E-state index in [1.807, 2.05) is 0 Å². The van der Waals surface area contributed by atoms with Crippen LogP contribution in [0.2, 0.25) is 0 Å². The van der Waals surface area contributed by atoms with Gasteiger partial charge in [-0.25, -0.2) is 0 Å². The van der Waals surface area contributed by atoms with Crippen molar-refractivity contribution in [2.24, 2.45) is 11.8 Å². The van der Waals surface area contributed by atoms with E-state index in [2.05, 4.69) is 5.32 Å². The highest BCUT2D eigenvalue weighted by Crippen LogP contribution is 2.30. The van der Waals surface area contributed by atoms with Crippen molar-refractivity contribution in [1.82, 2.24) is 5.32 Å². The molecular weight excluding hydrogens is 554 g/mol. The highest BCUT2D eigenvalue weighted by Gasteiger charge is 2.47. The lowest BCUT2D eigenvalue weighted by atomic mass is 9.87. The van der Waals surface area contributed by atoms with Crippen LogP contribution < -0.4 is 5.32 Å². The van der Waals surface area contributed by atoms with Crippen LogP contribution in [-0.4, -0.2) is 177 Å². The lowest BCUT2D eigenvalue weighted by Crippen LogP contribution is -2.65. The molecule has 3 aliphatic rings. The van der Waals surface area contributed by atoms with E-state index in [1.165, 1.54) is 6.92 Å². The van der Waals surface area contributed by atoms with E-state index in [0.717, 1.165) is 0 Å². The van der Waals surface area contributed by atoms with Crippen molar-refractivity contribution in [1.29, 1.82) is 0 Å². The van der Waals surface area contributed by atoms with Gasteiger partial charge in [-0.2, -0.15) is 0 Å². The molecule has 0 bridgehead atoms. The summed E-state index contributed by atoms with van der Waals surface area (Å²) in [4.78, 5) is 11.6. The van der Waals surface area contributed by atoms with E-state index < -0.39 is 117 Å². The van der Waals surface area contributed by atoms with Crippen molar-refractivity contribution in [2.75, 3.05) is 46.2 Å². The van der Waals surface area contributed by atoms with Crippen LogP contribution in [0.25, 0.3) is 0 Å². The Morgan fingerprint density at radius 3 is 1.61 bits per heavy atom. The van der Waals surface area contributed by atoms with Crippen molar-refractivity contribution >= 4 is 5.91 Å². The summed E-state index contributed by atoms with van der Waals surface area (Å²) in [5, 5.41) is 94.0. The highest BCUT2D eigenvalue weighted by molar-refractivity contribution is 5.73. The molecular formula is C25H45NO15. The largest absolute Gasteiger partial charge is 0.394 e. The molecule has 3 rings (SSSR count). The van der Waals surface area contributed by atoms with Crippen molar-refractivity contribution in [2.45, 2.75) is 93.1 Å². The van der Waals surface area contributed by atoms with Gasteiger partial charge in [0.15, 0.2) is 0 Å². The van der Waals surface area contributed by atoms with Crippen LogP contribution in [-0.2, 0) is 28.5 Å². The molecule has 16 heteroatoms. The molecule has 0 aliphatic carbocycles. The molecule has 3 fully saturated rings. The molecule has 0 radical (unpaired) electrons. The summed E-state index contributed by atoms with van der Waals surface area (Å²) >= 11 is 0. The second-order valence-corrected chi connectivity index (χ2v) is 10.9. The maximum absolute atomic E-state index is 11.6. The molecule has 0 aromatic carbocycles. The fourth-order valence-corrected chi connectivity index (χ4v) is 5.60. The van der Waals surface area contributed by atoms with E-state index in [0.29, 0.717) is 0 Å². The summed E-state index contributed by atoms with van der Waals surface area (Å²) < 4.78 is 28.2. The summed E-state index contributed by atoms with van der Waals surface area (Å²) in [7, 11) is 0. The number of nitrogens with one attached hydrogen (secondary N) is 1. The van der Waals surface area contributed by atoms with Gasteiger partial charge in [-0.3, -0.25) is 4.79 Å². The number of hydrogen-bond acceptors (Lipinski definition) is 15. The zero-order valence-electron chi connectivity index (χ0n) is 23.1. The van der Waals surface area contributed by atoms with E-state index in [-0.39, 0.29) is 26.4 Å². The topological polar surface area (TPSA) is 257 Å². The van der Waals surface area contributed by atoms with Crippen LogP contribution in [0.3, 0.4) is 0 Å². The van der Waals surface area contributed by atoms with Crippen molar-refractivity contribution in [3.8, 4) is 0 Å². The average molecular weight is 600 g/mol. The van der Waals surface area contributed by atoms with E-state index in [1.54, 1.807) is 6.92 Å². The first-order valence-corrected chi connectivity index (χ1v) is 13.7. The molecule has 15 unspecified atom stereocenters. The molecule has 1 amide bonds. The minimum absolute atomic E-state index is 0.151. The third-order valence-electron chi connectivity index (χ3n) is 8.08. The molecule has 0 aromatic heterocycles. The summed E-state index contributed by atoms with van der Waals surface area (Å²) in [6.45, 7) is 0.391. The Bertz CT molecular complexity index is 805. The maximum atomic E-state index is 11.6. The summed E-state index contributed by atoms with van der Waals surface area (Å²) in [5.41, 5.74) is 0. The monoisotopic (exact) mass is 599 g/mol. The Morgan fingerprint density at radius 1 is 0.610 bits per heavy atom. The molecule has 41 heavy (non-hydrogen) atoms. The van der Waals surface area contributed by atoms with Gasteiger partial charge in [0.25, 0.3) is 0 Å². The fourth-order valence-electron chi connectivity index (χ4n) is 5.60. The van der Waals surface area contributed by atoms with Gasteiger partial charge in [0.05, 0.1) is 82.8 Å². The Kier molecular flexibility index (Phi) is 13.1. The van der Waals surface area contributed by atoms with Crippen molar-refractivity contribution < 1.29 is 74.4 Å². The quantitative estimate of drug-likeness (QED) is 0.100. The van der Waals surface area contributed by atoms with Crippen molar-refractivity contribution in [3.63, 3.8) is 0 Å². The number of ether oxygens (including phenoxy) is 5. The first kappa shape index (κ1) is 34.4. The summed E-state index contributed by atoms with van der Waals surface area (Å²) in [6.07, 6.45) is -13.8. The van der Waals surface area contributed by atoms with E-state index in [9.17, 15) is 50.8 Å². The van der Waals surface area contributed by atoms with Gasteiger partial charge >= 0.3 is 0 Å². The average Bonchev–Trinajstić information content (AvgIpc) is 2.95. The zero-order valence-corrected chi connectivity index (χ0v) is 23.1. The summed E-state index contributed by atoms with van der Waals surface area (Å²) in [5.74, 6) is -2.16. The molecule has 3 heterocycles. The van der Waals surface area contributed by atoms with Gasteiger partial charge < -0.3 is 75.0 Å². The predicted molar refractivity (Wildman–Crippen MR) is 135 cm³/mol. The van der Waals surface area contributed by atoms with Gasteiger partial charge in [-0.05, 0) is 6.92 Å². The van der Waals surface area contributed by atoms with Crippen LogP contribution in [0.1, 0.15) is 13.8 Å². The minimum Gasteiger partial charge on any atom is -0.394 e. The molecule has 0 saturated carbocycles. The smallest absolute Gasteiger partial charge is 0.217 e. The minimum atomic E-state index is -1.45. The number of carbonyl (C=O) groups excluding carboxylic acids is 1. The molecule has 0 aromatic rings. The number of carbonyl (C=O) groups is 1. The van der Waals surface area contributed by atoms with Crippen molar-refractivity contribution in [3.05, 3.63) is 0 Å². The lowest BCUT2D eigenvalue weighted by molar-refractivity contribution is -0.242. The number of rotatable bonds is 12. The third kappa shape index (κ3) is 8.10. The molecule has 3 aliphatic heterocycles. The van der Waals surface area contributed by atoms with E-state index in [4.69, 9.17) is 23.7 Å². The van der Waals surface area contributed by atoms with Crippen LogP contribution in [0, 0.1) is 11.8 Å². The Balaban J connectivity index is 1.55. The lowest BCUT2D eigenvalue weighted by Gasteiger charge is -2.44. The number of amides is 1.